The summed E-state index contributed by atoms with van der Waals surface area (Å²) in [5.74, 6) is 0.654. The Morgan fingerprint density at radius 1 is 1.27 bits per heavy atom. The van der Waals surface area contributed by atoms with Crippen molar-refractivity contribution >= 4 is 23.4 Å². The van der Waals surface area contributed by atoms with Crippen molar-refractivity contribution < 1.29 is 4.79 Å². The molecule has 1 aliphatic rings. The minimum Gasteiger partial charge on any atom is -0.368 e. The molecule has 1 fully saturated rings. The van der Waals surface area contributed by atoms with Crippen molar-refractivity contribution in [2.45, 2.75) is 29.7 Å². The number of carbonyl (C=O) groups is 1. The van der Waals surface area contributed by atoms with Gasteiger partial charge in [0.05, 0.1) is 16.9 Å². The minimum atomic E-state index is -0.250. The number of hydrogen-bond donors (Lipinski definition) is 1. The molecule has 4 nitrogen and oxygen atoms in total. The van der Waals surface area contributed by atoms with Gasteiger partial charge in [0.1, 0.15) is 6.04 Å². The van der Waals surface area contributed by atoms with E-state index in [-0.39, 0.29) is 11.9 Å². The summed E-state index contributed by atoms with van der Waals surface area (Å²) >= 11 is 1.71. The second kappa shape index (κ2) is 6.83. The number of hydrogen-bond acceptors (Lipinski definition) is 4. The molecule has 1 aromatic carbocycles. The van der Waals surface area contributed by atoms with Crippen molar-refractivity contribution in [2.24, 2.45) is 5.73 Å². The molecule has 0 bridgehead atoms. The summed E-state index contributed by atoms with van der Waals surface area (Å²) < 4.78 is 0. The van der Waals surface area contributed by atoms with Crippen molar-refractivity contribution in [3.05, 3.63) is 54.2 Å². The fourth-order valence-corrected chi connectivity index (χ4v) is 3.53. The molecule has 5 heteroatoms. The average molecular weight is 313 g/mol. The number of nitrogens with two attached hydrogens (primary N) is 1. The largest absolute Gasteiger partial charge is 0.368 e. The van der Waals surface area contributed by atoms with Gasteiger partial charge in [-0.2, -0.15) is 0 Å². The van der Waals surface area contributed by atoms with E-state index in [1.54, 1.807) is 11.8 Å². The smallest absolute Gasteiger partial charge is 0.240 e. The Kier molecular flexibility index (Phi) is 4.63. The molecule has 1 amide bonds. The molecule has 1 aliphatic heterocycles. The van der Waals surface area contributed by atoms with Crippen LogP contribution in [0.2, 0.25) is 0 Å². The normalized spacial score (nSPS) is 17.6. The van der Waals surface area contributed by atoms with E-state index in [1.165, 1.54) is 5.56 Å². The van der Waals surface area contributed by atoms with Crippen LogP contribution < -0.4 is 10.6 Å². The number of aromatic nitrogens is 1. The van der Waals surface area contributed by atoms with Crippen LogP contribution in [0.3, 0.4) is 0 Å². The first-order chi connectivity index (χ1) is 10.7. The Labute approximate surface area is 134 Å². The lowest BCUT2D eigenvalue weighted by atomic mass is 10.2. The zero-order valence-electron chi connectivity index (χ0n) is 12.3. The number of primary amides is 1. The highest BCUT2D eigenvalue weighted by atomic mass is 32.2. The lowest BCUT2D eigenvalue weighted by molar-refractivity contribution is -0.119. The number of nitrogens with zero attached hydrogens (tertiary/aromatic N) is 2. The van der Waals surface area contributed by atoms with Crippen LogP contribution in [0.15, 0.2) is 53.7 Å². The molecular weight excluding hydrogens is 294 g/mol. The molecule has 22 heavy (non-hydrogen) atoms. The highest BCUT2D eigenvalue weighted by Crippen LogP contribution is 2.27. The van der Waals surface area contributed by atoms with Gasteiger partial charge in [-0.25, -0.2) is 4.98 Å². The Hall–Kier alpha value is -2.01. The lowest BCUT2D eigenvalue weighted by Crippen LogP contribution is -2.40. The monoisotopic (exact) mass is 313 g/mol. The summed E-state index contributed by atoms with van der Waals surface area (Å²) in [4.78, 5) is 18.0. The van der Waals surface area contributed by atoms with Crippen LogP contribution in [-0.4, -0.2) is 23.5 Å². The maximum atomic E-state index is 11.5. The van der Waals surface area contributed by atoms with E-state index in [1.807, 2.05) is 36.5 Å². The molecule has 0 spiro atoms. The fourth-order valence-electron chi connectivity index (χ4n) is 2.73. The fraction of sp³-hybridized carbons (Fsp3) is 0.294. The molecule has 114 valence electrons. The van der Waals surface area contributed by atoms with Crippen LogP contribution in [0.5, 0.6) is 0 Å². The molecule has 0 saturated carbocycles. The van der Waals surface area contributed by atoms with E-state index in [0.29, 0.717) is 0 Å². The number of pyridine rings is 1. The lowest BCUT2D eigenvalue weighted by Gasteiger charge is -2.24. The van der Waals surface area contributed by atoms with Crippen LogP contribution in [0.4, 0.5) is 5.69 Å². The van der Waals surface area contributed by atoms with Crippen molar-refractivity contribution in [3.8, 4) is 0 Å². The van der Waals surface area contributed by atoms with Gasteiger partial charge in [-0.1, -0.05) is 30.3 Å². The third kappa shape index (κ3) is 3.42. The van der Waals surface area contributed by atoms with Gasteiger partial charge < -0.3 is 10.6 Å². The van der Waals surface area contributed by atoms with Gasteiger partial charge >= 0.3 is 0 Å². The third-order valence-corrected chi connectivity index (χ3v) is 4.88. The number of rotatable bonds is 5. The van der Waals surface area contributed by atoms with Crippen LogP contribution >= 0.6 is 11.8 Å². The van der Waals surface area contributed by atoms with E-state index in [0.717, 1.165) is 35.9 Å². The summed E-state index contributed by atoms with van der Waals surface area (Å²) in [6.45, 7) is 0.867. The summed E-state index contributed by atoms with van der Waals surface area (Å²) in [5.41, 5.74) is 7.72. The molecule has 1 saturated heterocycles. The summed E-state index contributed by atoms with van der Waals surface area (Å²) in [7, 11) is 0. The number of thioether (sulfide) groups is 1. The number of amides is 1. The molecule has 2 heterocycles. The first kappa shape index (κ1) is 14.9. The summed E-state index contributed by atoms with van der Waals surface area (Å²) in [6.07, 6.45) is 3.67. The maximum absolute atomic E-state index is 11.5. The highest BCUT2D eigenvalue weighted by molar-refractivity contribution is 7.98. The summed E-state index contributed by atoms with van der Waals surface area (Å²) in [5, 5.41) is 0.988. The van der Waals surface area contributed by atoms with Gasteiger partial charge in [-0.15, -0.1) is 11.8 Å². The molecule has 1 aromatic heterocycles. The third-order valence-electron chi connectivity index (χ3n) is 3.86. The molecule has 0 unspecified atom stereocenters. The summed E-state index contributed by atoms with van der Waals surface area (Å²) in [6, 6.07) is 14.2. The second-order valence-electron chi connectivity index (χ2n) is 5.38. The average Bonchev–Trinajstić information content (AvgIpc) is 3.04. The van der Waals surface area contributed by atoms with Gasteiger partial charge in [0, 0.05) is 12.3 Å². The standard InChI is InChI=1S/C17H19N3OS/c18-17(21)15-7-4-10-20(15)14-8-9-16(19-11-14)22-12-13-5-2-1-3-6-13/h1-3,5-6,8-9,11,15H,4,7,10,12H2,(H2,18,21)/t15-/m1/s1. The Morgan fingerprint density at radius 2 is 2.09 bits per heavy atom. The minimum absolute atomic E-state index is 0.190. The van der Waals surface area contributed by atoms with Crippen LogP contribution in [-0.2, 0) is 10.5 Å². The predicted molar refractivity (Wildman–Crippen MR) is 89.8 cm³/mol. The topological polar surface area (TPSA) is 59.2 Å². The molecular formula is C17H19N3OS. The highest BCUT2D eigenvalue weighted by Gasteiger charge is 2.29. The molecule has 0 radical (unpaired) electrons. The van der Waals surface area contributed by atoms with E-state index in [9.17, 15) is 4.79 Å². The van der Waals surface area contributed by atoms with Gasteiger partial charge in [-0.05, 0) is 30.5 Å². The number of benzene rings is 1. The van der Waals surface area contributed by atoms with E-state index >= 15 is 0 Å². The second-order valence-corrected chi connectivity index (χ2v) is 6.38. The first-order valence-corrected chi connectivity index (χ1v) is 8.41. The van der Waals surface area contributed by atoms with Crippen molar-refractivity contribution in [3.63, 3.8) is 0 Å². The Bertz CT molecular complexity index is 630. The van der Waals surface area contributed by atoms with Gasteiger partial charge in [0.25, 0.3) is 0 Å². The van der Waals surface area contributed by atoms with E-state index in [4.69, 9.17) is 5.73 Å². The zero-order chi connectivity index (χ0) is 15.4. The van der Waals surface area contributed by atoms with E-state index < -0.39 is 0 Å². The van der Waals surface area contributed by atoms with Gasteiger partial charge in [0.15, 0.2) is 0 Å². The first-order valence-electron chi connectivity index (χ1n) is 7.43. The molecule has 2 aromatic rings. The van der Waals surface area contributed by atoms with Gasteiger partial charge in [-0.3, -0.25) is 4.79 Å². The number of carbonyl (C=O) groups excluding carboxylic acids is 1. The van der Waals surface area contributed by atoms with Crippen LogP contribution in [0.25, 0.3) is 0 Å². The number of anilines is 1. The SMILES string of the molecule is NC(=O)[C@H]1CCCN1c1ccc(SCc2ccccc2)nc1. The quantitative estimate of drug-likeness (QED) is 0.862. The molecule has 0 aliphatic carbocycles. The molecule has 1 atom stereocenters. The molecule has 3 rings (SSSR count). The van der Waals surface area contributed by atoms with Gasteiger partial charge in [0.2, 0.25) is 5.91 Å². The van der Waals surface area contributed by atoms with Crippen molar-refractivity contribution in [1.29, 1.82) is 0 Å². The Balaban J connectivity index is 1.64. The van der Waals surface area contributed by atoms with Crippen LogP contribution in [0.1, 0.15) is 18.4 Å². The predicted octanol–water partition coefficient (Wildman–Crippen LogP) is 2.83. The van der Waals surface area contributed by atoms with Crippen LogP contribution in [0, 0.1) is 0 Å². The zero-order valence-corrected chi connectivity index (χ0v) is 13.1. The van der Waals surface area contributed by atoms with E-state index in [2.05, 4.69) is 22.0 Å². The van der Waals surface area contributed by atoms with Crippen molar-refractivity contribution in [1.82, 2.24) is 4.98 Å². The molecule has 2 N–H and O–H groups in total. The maximum Gasteiger partial charge on any atom is 0.240 e. The van der Waals surface area contributed by atoms with Crippen molar-refractivity contribution in [2.75, 3.05) is 11.4 Å². The Morgan fingerprint density at radius 3 is 2.77 bits per heavy atom.